The average molecular weight is 558 g/mol. The summed E-state index contributed by atoms with van der Waals surface area (Å²) < 4.78 is 0. The molecule has 0 aromatic carbocycles. The van der Waals surface area contributed by atoms with Crippen LogP contribution in [-0.2, 0) is 4.79 Å². The molecule has 5 N–H and O–H groups in total. The molecule has 0 spiro atoms. The lowest BCUT2D eigenvalue weighted by Gasteiger charge is -2.32. The quantitative estimate of drug-likeness (QED) is 0.330. The predicted octanol–water partition coefficient (Wildman–Crippen LogP) is 4.90. The highest BCUT2D eigenvalue weighted by Gasteiger charge is 2.58. The molecule has 4 saturated heterocycles. The Balaban J connectivity index is 1.34. The summed E-state index contributed by atoms with van der Waals surface area (Å²) in [5, 5.41) is 33.6. The van der Waals surface area contributed by atoms with Crippen molar-refractivity contribution in [3.63, 3.8) is 0 Å². The summed E-state index contributed by atoms with van der Waals surface area (Å²) in [5.41, 5.74) is 0. The minimum Gasteiger partial charge on any atom is -0.481 e. The van der Waals surface area contributed by atoms with Gasteiger partial charge in [-0.2, -0.15) is 0 Å². The van der Waals surface area contributed by atoms with Crippen molar-refractivity contribution >= 4 is 5.97 Å². The van der Waals surface area contributed by atoms with Crippen LogP contribution in [0.1, 0.15) is 99.3 Å². The van der Waals surface area contributed by atoms with Crippen molar-refractivity contribution in [2.24, 2.45) is 65.1 Å². The Hall–Kier alpha value is -0.690. The van der Waals surface area contributed by atoms with Crippen molar-refractivity contribution in [2.75, 3.05) is 0 Å². The molecule has 4 aliphatic heterocycles. The molecular weight excluding hydrogens is 498 g/mol. The summed E-state index contributed by atoms with van der Waals surface area (Å²) in [6.07, 6.45) is 9.17. The topological polar surface area (TPSA) is 93.6 Å². The maximum atomic E-state index is 11.7. The first kappa shape index (κ1) is 29.4. The first-order chi connectivity index (χ1) is 19.1. The number of carboxylic acid groups (broad SMARTS) is 1. The Labute approximate surface area is 243 Å². The minimum atomic E-state index is -0.676. The van der Waals surface area contributed by atoms with Crippen molar-refractivity contribution in [1.82, 2.24) is 16.0 Å². The van der Waals surface area contributed by atoms with Crippen LogP contribution in [0.15, 0.2) is 0 Å². The highest BCUT2D eigenvalue weighted by Crippen LogP contribution is 2.53. The number of carboxylic acids is 1. The minimum absolute atomic E-state index is 0.251. The van der Waals surface area contributed by atoms with Crippen LogP contribution in [0.25, 0.3) is 0 Å². The van der Waals surface area contributed by atoms with E-state index in [1.807, 2.05) is 0 Å². The molecule has 6 heteroatoms. The fourth-order valence-electron chi connectivity index (χ4n) is 12.1. The average Bonchev–Trinajstić information content (AvgIpc) is 3.65. The summed E-state index contributed by atoms with van der Waals surface area (Å²) >= 11 is 0. The zero-order valence-electron chi connectivity index (χ0n) is 26.1. The summed E-state index contributed by atoms with van der Waals surface area (Å²) in [4.78, 5) is 11.7. The molecule has 6 rings (SSSR count). The molecule has 6 aliphatic rings. The van der Waals surface area contributed by atoms with E-state index in [1.165, 1.54) is 32.1 Å². The molecule has 2 saturated carbocycles. The molecule has 0 aromatic heterocycles. The van der Waals surface area contributed by atoms with Crippen molar-refractivity contribution in [3.05, 3.63) is 0 Å². The van der Waals surface area contributed by atoms with Gasteiger partial charge in [0.25, 0.3) is 0 Å². The molecule has 0 radical (unpaired) electrons. The van der Waals surface area contributed by atoms with Gasteiger partial charge in [0.2, 0.25) is 0 Å². The summed E-state index contributed by atoms with van der Waals surface area (Å²) in [7, 11) is 0. The van der Waals surface area contributed by atoms with E-state index in [1.54, 1.807) is 0 Å². The van der Waals surface area contributed by atoms with Gasteiger partial charge < -0.3 is 26.2 Å². The third-order valence-corrected chi connectivity index (χ3v) is 14.3. The van der Waals surface area contributed by atoms with Gasteiger partial charge in [0.1, 0.15) is 0 Å². The zero-order valence-corrected chi connectivity index (χ0v) is 26.1. The number of hydrogen-bond acceptors (Lipinski definition) is 5. The molecule has 0 aromatic rings. The van der Waals surface area contributed by atoms with Gasteiger partial charge in [-0.15, -0.1) is 0 Å². The van der Waals surface area contributed by atoms with Crippen LogP contribution in [0, 0.1) is 65.1 Å². The Morgan fingerprint density at radius 3 is 2.00 bits per heavy atom. The van der Waals surface area contributed by atoms with Crippen molar-refractivity contribution in [3.8, 4) is 0 Å². The first-order valence-corrected chi connectivity index (χ1v) is 17.3. The van der Waals surface area contributed by atoms with E-state index >= 15 is 0 Å². The number of carbonyl (C=O) groups is 1. The third-order valence-electron chi connectivity index (χ3n) is 14.3. The van der Waals surface area contributed by atoms with E-state index in [2.05, 4.69) is 57.5 Å². The highest BCUT2D eigenvalue weighted by molar-refractivity contribution is 5.66. The van der Waals surface area contributed by atoms with E-state index in [9.17, 15) is 15.0 Å². The SMILES string of the molecule is CCC1C2CC(CC3NC(C(CCC(=O)O)C3C)C3CC(O)C4C(C)C(CC5NC(C2)C(C)C5CC)NC34)C1C. The number of aliphatic hydroxyl groups is 1. The standard InChI is InChI=1S/C34H59N3O3/c1-7-22-16(3)20-11-21(22)13-26-17(4)23(8-2)29(35-26)15-28-19(6)32-30(38)14-25(34(32)37-28)33-24(9-10-31(39)40)18(5)27(12-20)36-33/h16-30,32-38H,7-15H2,1-6H3,(H,39,40). The van der Waals surface area contributed by atoms with Crippen molar-refractivity contribution < 1.29 is 15.0 Å². The highest BCUT2D eigenvalue weighted by atomic mass is 16.4. The Bertz CT molecular complexity index is 915. The fraction of sp³-hybridized carbons (Fsp3) is 0.971. The van der Waals surface area contributed by atoms with Gasteiger partial charge in [-0.3, -0.25) is 4.79 Å². The van der Waals surface area contributed by atoms with Gasteiger partial charge >= 0.3 is 5.97 Å². The normalized spacial score (nSPS) is 55.7. The lowest BCUT2D eigenvalue weighted by Crippen LogP contribution is -2.48. The number of fused-ring (bicyclic) bond motifs is 8. The predicted molar refractivity (Wildman–Crippen MR) is 160 cm³/mol. The van der Waals surface area contributed by atoms with E-state index in [-0.39, 0.29) is 12.5 Å². The molecule has 6 fully saturated rings. The van der Waals surface area contributed by atoms with Crippen molar-refractivity contribution in [1.29, 1.82) is 0 Å². The summed E-state index contributed by atoms with van der Waals surface area (Å²) in [6, 6.07) is 2.68. The molecule has 18 unspecified atom stereocenters. The fourth-order valence-corrected chi connectivity index (χ4v) is 12.1. The van der Waals surface area contributed by atoms with Gasteiger partial charge in [-0.25, -0.2) is 0 Å². The number of aliphatic hydroxyl groups excluding tert-OH is 1. The van der Waals surface area contributed by atoms with Crippen LogP contribution in [-0.4, -0.2) is 58.5 Å². The van der Waals surface area contributed by atoms with Crippen molar-refractivity contribution in [2.45, 2.75) is 142 Å². The van der Waals surface area contributed by atoms with E-state index in [0.29, 0.717) is 65.8 Å². The van der Waals surface area contributed by atoms with Gasteiger partial charge in [0.15, 0.2) is 0 Å². The van der Waals surface area contributed by atoms with E-state index in [0.717, 1.165) is 54.8 Å². The first-order valence-electron chi connectivity index (χ1n) is 17.3. The maximum absolute atomic E-state index is 11.7. The Morgan fingerprint density at radius 2 is 1.30 bits per heavy atom. The molecule has 2 aliphatic carbocycles. The molecular formula is C34H59N3O3. The summed E-state index contributed by atoms with van der Waals surface area (Å²) in [5.74, 6) is 5.86. The lowest BCUT2D eigenvalue weighted by molar-refractivity contribution is -0.137. The van der Waals surface area contributed by atoms with Gasteiger partial charge in [0, 0.05) is 48.6 Å². The van der Waals surface area contributed by atoms with E-state index < -0.39 is 5.97 Å². The van der Waals surface area contributed by atoms with Crippen LogP contribution in [0.5, 0.6) is 0 Å². The van der Waals surface area contributed by atoms with Crippen LogP contribution >= 0.6 is 0 Å². The second kappa shape index (κ2) is 11.4. The third kappa shape index (κ3) is 4.89. The molecule has 4 heterocycles. The van der Waals surface area contributed by atoms with Gasteiger partial charge in [-0.05, 0) is 97.7 Å². The Kier molecular flexibility index (Phi) is 8.40. The second-order valence-corrected chi connectivity index (χ2v) is 15.7. The number of nitrogens with one attached hydrogen (secondary N) is 3. The van der Waals surface area contributed by atoms with Gasteiger partial charge in [-0.1, -0.05) is 54.4 Å². The molecule has 18 atom stereocenters. The van der Waals surface area contributed by atoms with E-state index in [4.69, 9.17) is 0 Å². The zero-order chi connectivity index (χ0) is 28.5. The maximum Gasteiger partial charge on any atom is 0.303 e. The summed E-state index contributed by atoms with van der Waals surface area (Å²) in [6.45, 7) is 14.7. The van der Waals surface area contributed by atoms with Crippen LogP contribution in [0.2, 0.25) is 0 Å². The molecule has 6 nitrogen and oxygen atoms in total. The smallest absolute Gasteiger partial charge is 0.303 e. The second-order valence-electron chi connectivity index (χ2n) is 15.7. The molecule has 8 bridgehead atoms. The molecule has 40 heavy (non-hydrogen) atoms. The largest absolute Gasteiger partial charge is 0.481 e. The Morgan fingerprint density at radius 1 is 0.675 bits per heavy atom. The number of rotatable bonds is 5. The monoisotopic (exact) mass is 557 g/mol. The van der Waals surface area contributed by atoms with Crippen LogP contribution in [0.4, 0.5) is 0 Å². The number of aliphatic carboxylic acids is 1. The number of hydrogen-bond donors (Lipinski definition) is 5. The van der Waals surface area contributed by atoms with Crippen LogP contribution in [0.3, 0.4) is 0 Å². The van der Waals surface area contributed by atoms with Gasteiger partial charge in [0.05, 0.1) is 6.10 Å². The lowest BCUT2D eigenvalue weighted by atomic mass is 9.76. The molecule has 0 amide bonds. The van der Waals surface area contributed by atoms with Crippen LogP contribution < -0.4 is 16.0 Å². The molecule has 228 valence electrons.